The number of carbonyl (C=O) groups excluding carboxylic acids is 2. The molecule has 0 radical (unpaired) electrons. The van der Waals surface area contributed by atoms with E-state index in [1.165, 1.54) is 61.6 Å². The highest BCUT2D eigenvalue weighted by Crippen LogP contribution is 2.32. The zero-order valence-electron chi connectivity index (χ0n) is 24.6. The van der Waals surface area contributed by atoms with Gasteiger partial charge in [-0.15, -0.1) is 0 Å². The number of sulfonamides is 1. The molecule has 0 heterocycles. The molecule has 1 N–H and O–H groups in total. The van der Waals surface area contributed by atoms with Crippen LogP contribution in [0.3, 0.4) is 0 Å². The fraction of sp³-hybridized carbons (Fsp3) is 0.355. The van der Waals surface area contributed by atoms with Crippen LogP contribution >= 0.6 is 0 Å². The van der Waals surface area contributed by atoms with E-state index in [2.05, 4.69) is 5.32 Å². The maximum atomic E-state index is 14.1. The van der Waals surface area contributed by atoms with E-state index in [9.17, 15) is 22.4 Å². The first-order valence-electron chi connectivity index (χ1n) is 13.7. The Hall–Kier alpha value is -4.12. The number of anilines is 1. The molecule has 11 heteroatoms. The molecular formula is C31H38FN3O6S. The normalized spacial score (nSPS) is 11.9. The quantitative estimate of drug-likeness (QED) is 0.289. The largest absolute Gasteiger partial charge is 0.493 e. The van der Waals surface area contributed by atoms with Crippen LogP contribution in [0.2, 0.25) is 0 Å². The van der Waals surface area contributed by atoms with E-state index in [0.717, 1.165) is 9.87 Å². The topological polar surface area (TPSA) is 105 Å². The predicted octanol–water partition coefficient (Wildman–Crippen LogP) is 4.68. The van der Waals surface area contributed by atoms with Crippen molar-refractivity contribution in [3.63, 3.8) is 0 Å². The van der Waals surface area contributed by atoms with E-state index in [4.69, 9.17) is 9.47 Å². The van der Waals surface area contributed by atoms with E-state index in [1.807, 2.05) is 13.8 Å². The van der Waals surface area contributed by atoms with Crippen LogP contribution in [0, 0.1) is 12.7 Å². The van der Waals surface area contributed by atoms with Crippen LogP contribution in [0.4, 0.5) is 10.1 Å². The number of benzene rings is 3. The summed E-state index contributed by atoms with van der Waals surface area (Å²) >= 11 is 0. The third-order valence-electron chi connectivity index (χ3n) is 6.75. The first kappa shape index (κ1) is 32.4. The molecule has 1 atom stereocenters. The zero-order valence-corrected chi connectivity index (χ0v) is 25.4. The number of nitrogens with zero attached hydrogens (tertiary/aromatic N) is 2. The van der Waals surface area contributed by atoms with Gasteiger partial charge in [-0.3, -0.25) is 13.9 Å². The van der Waals surface area contributed by atoms with Crippen LogP contribution in [-0.2, 0) is 26.2 Å². The smallest absolute Gasteiger partial charge is 0.264 e. The number of hydrogen-bond donors (Lipinski definition) is 1. The van der Waals surface area contributed by atoms with Crippen molar-refractivity contribution in [3.8, 4) is 11.5 Å². The second-order valence-corrected chi connectivity index (χ2v) is 11.6. The predicted molar refractivity (Wildman–Crippen MR) is 160 cm³/mol. The van der Waals surface area contributed by atoms with Gasteiger partial charge in [0.15, 0.2) is 11.5 Å². The summed E-state index contributed by atoms with van der Waals surface area (Å²) in [7, 11) is -1.45. The fourth-order valence-electron chi connectivity index (χ4n) is 4.42. The summed E-state index contributed by atoms with van der Waals surface area (Å²) in [4.78, 5) is 28.5. The highest BCUT2D eigenvalue weighted by Gasteiger charge is 2.34. The third kappa shape index (κ3) is 7.79. The molecule has 0 aromatic heterocycles. The van der Waals surface area contributed by atoms with Crippen LogP contribution in [0.25, 0.3) is 0 Å². The number of nitrogens with one attached hydrogen (secondary N) is 1. The van der Waals surface area contributed by atoms with Crippen molar-refractivity contribution < 1.29 is 31.9 Å². The lowest BCUT2D eigenvalue weighted by molar-refractivity contribution is -0.140. The van der Waals surface area contributed by atoms with E-state index < -0.39 is 34.3 Å². The second-order valence-electron chi connectivity index (χ2n) is 9.73. The molecular weight excluding hydrogens is 561 g/mol. The molecule has 3 aromatic rings. The first-order chi connectivity index (χ1) is 20.0. The summed E-state index contributed by atoms with van der Waals surface area (Å²) < 4.78 is 53.4. The van der Waals surface area contributed by atoms with Crippen molar-refractivity contribution in [2.45, 2.75) is 51.1 Å². The number of carbonyl (C=O) groups is 2. The number of hydrogen-bond acceptors (Lipinski definition) is 6. The van der Waals surface area contributed by atoms with Crippen LogP contribution < -0.4 is 19.1 Å². The summed E-state index contributed by atoms with van der Waals surface area (Å²) in [5, 5.41) is 2.83. The van der Waals surface area contributed by atoms with Crippen LogP contribution in [0.5, 0.6) is 11.5 Å². The van der Waals surface area contributed by atoms with Gasteiger partial charge in [0.2, 0.25) is 11.8 Å². The molecule has 0 aliphatic carbocycles. The van der Waals surface area contributed by atoms with Crippen LogP contribution in [-0.4, -0.2) is 58.5 Å². The lowest BCUT2D eigenvalue weighted by atomic mass is 10.1. The van der Waals surface area contributed by atoms with Crippen molar-refractivity contribution >= 4 is 27.5 Å². The Bertz CT molecular complexity index is 1460. The molecule has 1 unspecified atom stereocenters. The van der Waals surface area contributed by atoms with Gasteiger partial charge in [-0.05, 0) is 61.7 Å². The summed E-state index contributed by atoms with van der Waals surface area (Å²) in [5.74, 6) is -0.813. The second kappa shape index (κ2) is 14.7. The fourth-order valence-corrected chi connectivity index (χ4v) is 5.85. The van der Waals surface area contributed by atoms with Crippen LogP contribution in [0.15, 0.2) is 71.6 Å². The molecule has 0 bridgehead atoms. The van der Waals surface area contributed by atoms with E-state index in [-0.39, 0.29) is 35.2 Å². The Morgan fingerprint density at radius 3 is 2.14 bits per heavy atom. The highest BCUT2D eigenvalue weighted by molar-refractivity contribution is 7.92. The molecule has 0 aliphatic heterocycles. The van der Waals surface area contributed by atoms with E-state index in [1.54, 1.807) is 31.2 Å². The Labute approximate surface area is 247 Å². The Morgan fingerprint density at radius 1 is 0.929 bits per heavy atom. The van der Waals surface area contributed by atoms with Gasteiger partial charge in [0.05, 0.1) is 24.8 Å². The van der Waals surface area contributed by atoms with Crippen molar-refractivity contribution in [1.82, 2.24) is 10.2 Å². The zero-order chi connectivity index (χ0) is 30.9. The Balaban J connectivity index is 2.08. The van der Waals surface area contributed by atoms with Gasteiger partial charge in [-0.25, -0.2) is 12.8 Å². The number of methoxy groups -OCH3 is 2. The van der Waals surface area contributed by atoms with E-state index in [0.29, 0.717) is 24.3 Å². The molecule has 3 rings (SSSR count). The number of ether oxygens (including phenoxy) is 2. The van der Waals surface area contributed by atoms with Crippen molar-refractivity contribution in [3.05, 3.63) is 83.7 Å². The summed E-state index contributed by atoms with van der Waals surface area (Å²) in [6.07, 6.45) is 0.994. The average molecular weight is 600 g/mol. The molecule has 42 heavy (non-hydrogen) atoms. The molecule has 9 nitrogen and oxygen atoms in total. The average Bonchev–Trinajstić information content (AvgIpc) is 2.99. The Morgan fingerprint density at radius 2 is 1.57 bits per heavy atom. The minimum atomic E-state index is -4.30. The Kier molecular flexibility index (Phi) is 11.3. The van der Waals surface area contributed by atoms with Gasteiger partial charge in [0.1, 0.15) is 18.4 Å². The summed E-state index contributed by atoms with van der Waals surface area (Å²) in [6, 6.07) is 15.7. The van der Waals surface area contributed by atoms with Gasteiger partial charge in [0.25, 0.3) is 10.0 Å². The van der Waals surface area contributed by atoms with Crippen molar-refractivity contribution in [1.29, 1.82) is 0 Å². The summed E-state index contributed by atoms with van der Waals surface area (Å²) in [5.41, 5.74) is 1.77. The van der Waals surface area contributed by atoms with Gasteiger partial charge >= 0.3 is 0 Å². The molecule has 3 aromatic carbocycles. The third-order valence-corrected chi connectivity index (χ3v) is 8.51. The van der Waals surface area contributed by atoms with Gasteiger partial charge in [-0.1, -0.05) is 43.7 Å². The highest BCUT2D eigenvalue weighted by atomic mass is 32.2. The number of halogens is 1. The maximum absolute atomic E-state index is 14.1. The summed E-state index contributed by atoms with van der Waals surface area (Å²) in [6.45, 7) is 5.39. The minimum absolute atomic E-state index is 0.0185. The van der Waals surface area contributed by atoms with E-state index >= 15 is 0 Å². The van der Waals surface area contributed by atoms with Gasteiger partial charge in [-0.2, -0.15) is 0 Å². The molecule has 0 saturated carbocycles. The lowest BCUT2D eigenvalue weighted by Crippen LogP contribution is -2.52. The standard InChI is InChI=1S/C31H38FN3O6S/c1-6-18-33-31(37)27(7-2)34(20-23-10-12-24(32)13-11-23)30(36)21-35(25-14-8-22(3)9-15-25)42(38,39)26-16-17-28(40-4)29(19-26)41-5/h8-17,19,27H,6-7,18,20-21H2,1-5H3,(H,33,37). The number of aryl methyl sites for hydroxylation is 1. The first-order valence-corrected chi connectivity index (χ1v) is 15.1. The maximum Gasteiger partial charge on any atom is 0.264 e. The van der Waals surface area contributed by atoms with Crippen molar-refractivity contribution in [2.24, 2.45) is 0 Å². The molecule has 0 fully saturated rings. The number of amides is 2. The molecule has 0 saturated heterocycles. The van der Waals surface area contributed by atoms with Gasteiger partial charge in [0, 0.05) is 19.2 Å². The molecule has 0 spiro atoms. The molecule has 2 amide bonds. The minimum Gasteiger partial charge on any atom is -0.493 e. The van der Waals surface area contributed by atoms with Crippen LogP contribution in [0.1, 0.15) is 37.8 Å². The van der Waals surface area contributed by atoms with Crippen molar-refractivity contribution in [2.75, 3.05) is 31.6 Å². The molecule has 0 aliphatic rings. The SMILES string of the molecule is CCCNC(=O)C(CC)N(Cc1ccc(F)cc1)C(=O)CN(c1ccc(C)cc1)S(=O)(=O)c1ccc(OC)c(OC)c1. The monoisotopic (exact) mass is 599 g/mol. The molecule has 226 valence electrons. The number of rotatable bonds is 14. The lowest BCUT2D eigenvalue weighted by Gasteiger charge is -2.33. The van der Waals surface area contributed by atoms with Gasteiger partial charge < -0.3 is 19.7 Å².